The van der Waals surface area contributed by atoms with E-state index in [0.29, 0.717) is 5.75 Å². The molecule has 0 saturated heterocycles. The summed E-state index contributed by atoms with van der Waals surface area (Å²) < 4.78 is 0. The minimum atomic E-state index is 0.00508. The van der Waals surface area contributed by atoms with E-state index >= 15 is 0 Å². The van der Waals surface area contributed by atoms with Crippen molar-refractivity contribution in [1.29, 1.82) is 0 Å². The zero-order valence-corrected chi connectivity index (χ0v) is 12.2. The molecule has 18 heavy (non-hydrogen) atoms. The predicted octanol–water partition coefficient (Wildman–Crippen LogP) is 4.91. The highest BCUT2D eigenvalue weighted by atomic mass is 16.3. The lowest BCUT2D eigenvalue weighted by Crippen LogP contribution is -2.26. The fourth-order valence-electron chi connectivity index (χ4n) is 3.24. The van der Waals surface area contributed by atoms with Crippen LogP contribution in [0.5, 0.6) is 5.75 Å². The van der Waals surface area contributed by atoms with Gasteiger partial charge in [0.05, 0.1) is 0 Å². The number of aromatic hydroxyl groups is 1. The summed E-state index contributed by atoms with van der Waals surface area (Å²) in [6, 6.07) is 6.29. The van der Waals surface area contributed by atoms with E-state index in [9.17, 15) is 5.11 Å². The van der Waals surface area contributed by atoms with Gasteiger partial charge >= 0.3 is 0 Å². The van der Waals surface area contributed by atoms with E-state index < -0.39 is 0 Å². The number of benzene rings is 1. The number of para-hydroxylation sites is 1. The molecule has 0 atom stereocenters. The molecule has 1 nitrogen and oxygen atoms in total. The van der Waals surface area contributed by atoms with Crippen molar-refractivity contribution < 1.29 is 5.11 Å². The minimum Gasteiger partial charge on any atom is -0.507 e. The summed E-state index contributed by atoms with van der Waals surface area (Å²) in [6.45, 7) is 8.80. The summed E-state index contributed by atoms with van der Waals surface area (Å²) in [5.74, 6) is 0.536. The molecular formula is C17H26O. The first-order valence-electron chi connectivity index (χ1n) is 7.17. The van der Waals surface area contributed by atoms with Gasteiger partial charge in [0, 0.05) is 5.56 Å². The quantitative estimate of drug-likeness (QED) is 0.746. The van der Waals surface area contributed by atoms with Crippen LogP contribution in [0.3, 0.4) is 0 Å². The first-order chi connectivity index (χ1) is 8.34. The van der Waals surface area contributed by atoms with Crippen LogP contribution in [0.4, 0.5) is 0 Å². The van der Waals surface area contributed by atoms with E-state index in [-0.39, 0.29) is 10.8 Å². The summed E-state index contributed by atoms with van der Waals surface area (Å²) in [6.07, 6.45) is 6.32. The number of rotatable bonds is 1. The maximum atomic E-state index is 10.6. The Bertz CT molecular complexity index is 420. The van der Waals surface area contributed by atoms with Gasteiger partial charge in [-0.25, -0.2) is 0 Å². The third-order valence-electron chi connectivity index (χ3n) is 4.45. The Morgan fingerprint density at radius 2 is 1.67 bits per heavy atom. The van der Waals surface area contributed by atoms with Crippen LogP contribution >= 0.6 is 0 Å². The van der Waals surface area contributed by atoms with Crippen LogP contribution in [0.15, 0.2) is 18.2 Å². The van der Waals surface area contributed by atoms with Gasteiger partial charge in [-0.1, -0.05) is 65.2 Å². The Hall–Kier alpha value is -0.980. The normalized spacial score (nSPS) is 19.8. The molecule has 1 aromatic carbocycles. The Morgan fingerprint density at radius 1 is 1.06 bits per heavy atom. The van der Waals surface area contributed by atoms with Crippen molar-refractivity contribution in [1.82, 2.24) is 0 Å². The van der Waals surface area contributed by atoms with E-state index in [4.69, 9.17) is 0 Å². The lowest BCUT2D eigenvalue weighted by molar-refractivity contribution is 0.306. The SMILES string of the molecule is CC(C)(C)c1cccc(C2(C)CCCCC2)c1O. The van der Waals surface area contributed by atoms with Gasteiger partial charge in [-0.2, -0.15) is 0 Å². The Balaban J connectivity index is 2.45. The molecule has 0 spiro atoms. The summed E-state index contributed by atoms with van der Waals surface area (Å²) in [4.78, 5) is 0. The first-order valence-corrected chi connectivity index (χ1v) is 7.17. The van der Waals surface area contributed by atoms with Crippen LogP contribution in [0.25, 0.3) is 0 Å². The van der Waals surface area contributed by atoms with Crippen molar-refractivity contribution in [2.75, 3.05) is 0 Å². The van der Waals surface area contributed by atoms with Crippen LogP contribution < -0.4 is 0 Å². The van der Waals surface area contributed by atoms with Crippen LogP contribution in [0.2, 0.25) is 0 Å². The summed E-state index contributed by atoms with van der Waals surface area (Å²) in [5.41, 5.74) is 2.41. The van der Waals surface area contributed by atoms with Crippen LogP contribution in [-0.4, -0.2) is 5.11 Å². The molecule has 1 fully saturated rings. The Labute approximate surface area is 111 Å². The van der Waals surface area contributed by atoms with Crippen molar-refractivity contribution in [2.24, 2.45) is 0 Å². The van der Waals surface area contributed by atoms with Crippen molar-refractivity contribution in [3.05, 3.63) is 29.3 Å². The third kappa shape index (κ3) is 2.41. The van der Waals surface area contributed by atoms with Gasteiger partial charge in [-0.15, -0.1) is 0 Å². The Morgan fingerprint density at radius 3 is 2.22 bits per heavy atom. The molecule has 1 heteroatoms. The van der Waals surface area contributed by atoms with Crippen molar-refractivity contribution in [3.8, 4) is 5.75 Å². The molecule has 0 heterocycles. The predicted molar refractivity (Wildman–Crippen MR) is 77.2 cm³/mol. The first kappa shape index (κ1) is 13.5. The number of phenols is 1. The van der Waals surface area contributed by atoms with E-state index in [1.54, 1.807) is 0 Å². The largest absolute Gasteiger partial charge is 0.507 e. The average Bonchev–Trinajstić information content (AvgIpc) is 2.28. The average molecular weight is 246 g/mol. The standard InChI is InChI=1S/C17H26O/c1-16(2,3)13-9-8-10-14(15(13)18)17(4)11-6-5-7-12-17/h8-10,18H,5-7,11-12H2,1-4H3. The highest BCUT2D eigenvalue weighted by molar-refractivity contribution is 5.47. The zero-order valence-electron chi connectivity index (χ0n) is 12.2. The van der Waals surface area contributed by atoms with E-state index in [2.05, 4.69) is 45.9 Å². The summed E-state index contributed by atoms with van der Waals surface area (Å²) in [7, 11) is 0. The number of phenolic OH excluding ortho intramolecular Hbond substituents is 1. The molecule has 2 rings (SSSR count). The molecule has 1 aliphatic carbocycles. The number of hydrogen-bond donors (Lipinski definition) is 1. The van der Waals surface area contributed by atoms with E-state index in [1.807, 2.05) is 0 Å². The van der Waals surface area contributed by atoms with Gasteiger partial charge in [0.15, 0.2) is 0 Å². The molecule has 1 aromatic rings. The summed E-state index contributed by atoms with van der Waals surface area (Å²) >= 11 is 0. The minimum absolute atomic E-state index is 0.00508. The molecule has 0 aliphatic heterocycles. The molecule has 1 saturated carbocycles. The molecule has 1 N–H and O–H groups in total. The topological polar surface area (TPSA) is 20.2 Å². The molecule has 0 bridgehead atoms. The molecule has 0 radical (unpaired) electrons. The zero-order chi connectivity index (χ0) is 13.4. The summed E-state index contributed by atoms with van der Waals surface area (Å²) in [5, 5.41) is 10.6. The Kier molecular flexibility index (Phi) is 3.44. The second kappa shape index (κ2) is 4.60. The lowest BCUT2D eigenvalue weighted by atomic mass is 9.69. The molecule has 1 aliphatic rings. The maximum absolute atomic E-state index is 10.6. The fourth-order valence-corrected chi connectivity index (χ4v) is 3.24. The van der Waals surface area contributed by atoms with Gasteiger partial charge in [0.25, 0.3) is 0 Å². The maximum Gasteiger partial charge on any atom is 0.123 e. The number of hydrogen-bond acceptors (Lipinski definition) is 1. The highest BCUT2D eigenvalue weighted by Crippen LogP contribution is 2.45. The van der Waals surface area contributed by atoms with Crippen molar-refractivity contribution >= 4 is 0 Å². The highest BCUT2D eigenvalue weighted by Gasteiger charge is 2.33. The second-order valence-corrected chi connectivity index (χ2v) is 7.07. The molecule has 0 amide bonds. The monoisotopic (exact) mass is 246 g/mol. The van der Waals surface area contributed by atoms with Gasteiger partial charge in [-0.05, 0) is 29.2 Å². The van der Waals surface area contributed by atoms with Crippen LogP contribution in [-0.2, 0) is 10.8 Å². The molecule has 0 unspecified atom stereocenters. The van der Waals surface area contributed by atoms with Crippen molar-refractivity contribution in [2.45, 2.75) is 70.6 Å². The van der Waals surface area contributed by atoms with Gasteiger partial charge in [0.1, 0.15) is 5.75 Å². The van der Waals surface area contributed by atoms with E-state index in [1.165, 1.54) is 32.1 Å². The van der Waals surface area contributed by atoms with Gasteiger partial charge < -0.3 is 5.11 Å². The fraction of sp³-hybridized carbons (Fsp3) is 0.647. The van der Waals surface area contributed by atoms with Gasteiger partial charge in [0.2, 0.25) is 0 Å². The van der Waals surface area contributed by atoms with Crippen molar-refractivity contribution in [3.63, 3.8) is 0 Å². The molecular weight excluding hydrogens is 220 g/mol. The molecule has 100 valence electrons. The van der Waals surface area contributed by atoms with Crippen LogP contribution in [0, 0.1) is 0 Å². The smallest absolute Gasteiger partial charge is 0.123 e. The van der Waals surface area contributed by atoms with Crippen LogP contribution in [0.1, 0.15) is 70.9 Å². The lowest BCUT2D eigenvalue weighted by Gasteiger charge is -2.36. The molecule has 0 aromatic heterocycles. The van der Waals surface area contributed by atoms with E-state index in [0.717, 1.165) is 11.1 Å². The van der Waals surface area contributed by atoms with Gasteiger partial charge in [-0.3, -0.25) is 0 Å². The second-order valence-electron chi connectivity index (χ2n) is 7.07. The third-order valence-corrected chi connectivity index (χ3v) is 4.45.